The summed E-state index contributed by atoms with van der Waals surface area (Å²) in [6.45, 7) is -0.209. The molecule has 0 aromatic heterocycles. The van der Waals surface area contributed by atoms with Crippen LogP contribution < -0.4 is 0 Å². The van der Waals surface area contributed by atoms with E-state index in [1.807, 2.05) is 6.07 Å². The Bertz CT molecular complexity index is 406. The topological polar surface area (TPSA) is 90.5 Å². The van der Waals surface area contributed by atoms with E-state index in [1.54, 1.807) is 18.2 Å². The van der Waals surface area contributed by atoms with Gasteiger partial charge in [-0.2, -0.15) is 5.26 Å². The van der Waals surface area contributed by atoms with Gasteiger partial charge < -0.3 is 9.79 Å². The van der Waals surface area contributed by atoms with Crippen LogP contribution in [0.5, 0.6) is 0 Å². The summed E-state index contributed by atoms with van der Waals surface area (Å²) in [6.07, 6.45) is 0. The van der Waals surface area contributed by atoms with E-state index in [2.05, 4.69) is 4.52 Å². The number of nitriles is 1. The van der Waals surface area contributed by atoms with Crippen LogP contribution in [0.1, 0.15) is 11.1 Å². The standard InChI is InChI=1S/C8H8NO4P/c9-5-7-2-1-3-8(4-7)6-13-14(10,11)12/h1-4H,6H2,(H2,10,11,12). The quantitative estimate of drug-likeness (QED) is 0.735. The Morgan fingerprint density at radius 2 is 2.21 bits per heavy atom. The van der Waals surface area contributed by atoms with E-state index in [4.69, 9.17) is 15.0 Å². The minimum absolute atomic E-state index is 0.209. The van der Waals surface area contributed by atoms with E-state index >= 15 is 0 Å². The number of hydrogen-bond acceptors (Lipinski definition) is 3. The normalized spacial score (nSPS) is 10.9. The van der Waals surface area contributed by atoms with Gasteiger partial charge in [0.05, 0.1) is 18.2 Å². The third-order valence-corrected chi connectivity index (χ3v) is 1.92. The molecule has 0 saturated heterocycles. The molecule has 0 saturated carbocycles. The molecule has 0 heterocycles. The van der Waals surface area contributed by atoms with Crippen molar-refractivity contribution >= 4 is 7.82 Å². The molecule has 5 nitrogen and oxygen atoms in total. The fraction of sp³-hybridized carbons (Fsp3) is 0.125. The molecular weight excluding hydrogens is 205 g/mol. The first-order chi connectivity index (χ1) is 6.51. The lowest BCUT2D eigenvalue weighted by Gasteiger charge is -2.04. The van der Waals surface area contributed by atoms with Crippen molar-refractivity contribution in [1.82, 2.24) is 0 Å². The van der Waals surface area contributed by atoms with E-state index in [-0.39, 0.29) is 6.61 Å². The van der Waals surface area contributed by atoms with Crippen LogP contribution in [-0.4, -0.2) is 9.79 Å². The lowest BCUT2D eigenvalue weighted by Crippen LogP contribution is -1.91. The van der Waals surface area contributed by atoms with Crippen molar-refractivity contribution in [1.29, 1.82) is 5.26 Å². The predicted molar refractivity (Wildman–Crippen MR) is 48.0 cm³/mol. The van der Waals surface area contributed by atoms with Crippen LogP contribution in [0.4, 0.5) is 0 Å². The van der Waals surface area contributed by atoms with Crippen LogP contribution in [0.2, 0.25) is 0 Å². The first-order valence-electron chi connectivity index (χ1n) is 3.70. The number of rotatable bonds is 3. The van der Waals surface area contributed by atoms with Gasteiger partial charge in [-0.25, -0.2) is 4.57 Å². The number of nitrogens with zero attached hydrogens (tertiary/aromatic N) is 1. The molecule has 0 aliphatic heterocycles. The molecule has 0 radical (unpaired) electrons. The van der Waals surface area contributed by atoms with Gasteiger partial charge in [-0.05, 0) is 17.7 Å². The Hall–Kier alpha value is -1.18. The molecule has 0 fully saturated rings. The zero-order valence-corrected chi connectivity index (χ0v) is 8.02. The molecule has 0 atom stereocenters. The van der Waals surface area contributed by atoms with Gasteiger partial charge in [-0.3, -0.25) is 4.52 Å². The molecule has 0 spiro atoms. The molecular formula is C8H8NO4P. The summed E-state index contributed by atoms with van der Waals surface area (Å²) in [7, 11) is -4.44. The monoisotopic (exact) mass is 213 g/mol. The molecule has 2 N–H and O–H groups in total. The van der Waals surface area contributed by atoms with Gasteiger partial charge in [0.2, 0.25) is 0 Å². The average Bonchev–Trinajstić information content (AvgIpc) is 2.14. The summed E-state index contributed by atoms with van der Waals surface area (Å²) in [5.41, 5.74) is 0.976. The molecule has 0 aliphatic rings. The average molecular weight is 213 g/mol. The first-order valence-corrected chi connectivity index (χ1v) is 5.23. The summed E-state index contributed by atoms with van der Waals surface area (Å²) in [5, 5.41) is 8.55. The van der Waals surface area contributed by atoms with Crippen LogP contribution in [0, 0.1) is 11.3 Å². The summed E-state index contributed by atoms with van der Waals surface area (Å²) in [5.74, 6) is 0. The van der Waals surface area contributed by atoms with E-state index in [0.29, 0.717) is 11.1 Å². The van der Waals surface area contributed by atoms with Gasteiger partial charge in [-0.15, -0.1) is 0 Å². The highest BCUT2D eigenvalue weighted by molar-refractivity contribution is 7.46. The summed E-state index contributed by atoms with van der Waals surface area (Å²) >= 11 is 0. The summed E-state index contributed by atoms with van der Waals surface area (Å²) < 4.78 is 14.6. The highest BCUT2D eigenvalue weighted by Crippen LogP contribution is 2.36. The zero-order chi connectivity index (χ0) is 10.6. The molecule has 14 heavy (non-hydrogen) atoms. The van der Waals surface area contributed by atoms with Crippen LogP contribution in [-0.2, 0) is 15.7 Å². The Morgan fingerprint density at radius 3 is 2.79 bits per heavy atom. The highest BCUT2D eigenvalue weighted by atomic mass is 31.2. The Morgan fingerprint density at radius 1 is 1.50 bits per heavy atom. The van der Waals surface area contributed by atoms with Gasteiger partial charge in [0.1, 0.15) is 0 Å². The first kappa shape index (κ1) is 10.9. The number of phosphoric ester groups is 1. The van der Waals surface area contributed by atoms with Gasteiger partial charge in [0.15, 0.2) is 0 Å². The number of phosphoric acid groups is 1. The van der Waals surface area contributed by atoms with E-state index in [1.165, 1.54) is 6.07 Å². The van der Waals surface area contributed by atoms with Gasteiger partial charge in [-0.1, -0.05) is 12.1 Å². The highest BCUT2D eigenvalue weighted by Gasteiger charge is 2.13. The van der Waals surface area contributed by atoms with Gasteiger partial charge in [0, 0.05) is 0 Å². The second-order valence-corrected chi connectivity index (χ2v) is 3.82. The molecule has 74 valence electrons. The Balaban J connectivity index is 2.69. The second kappa shape index (κ2) is 4.36. The van der Waals surface area contributed by atoms with Crippen molar-refractivity contribution < 1.29 is 18.9 Å². The minimum atomic E-state index is -4.44. The van der Waals surface area contributed by atoms with Crippen molar-refractivity contribution in [2.45, 2.75) is 6.61 Å². The fourth-order valence-electron chi connectivity index (χ4n) is 0.889. The van der Waals surface area contributed by atoms with Crippen LogP contribution in [0.15, 0.2) is 24.3 Å². The predicted octanol–water partition coefficient (Wildman–Crippen LogP) is 1.17. The maximum absolute atomic E-state index is 10.4. The lowest BCUT2D eigenvalue weighted by molar-refractivity contribution is 0.189. The Kier molecular flexibility index (Phi) is 3.39. The van der Waals surface area contributed by atoms with Crippen LogP contribution >= 0.6 is 7.82 Å². The molecule has 0 unspecified atom stereocenters. The summed E-state index contributed by atoms with van der Waals surface area (Å²) in [6, 6.07) is 8.27. The maximum atomic E-state index is 10.4. The molecule has 0 aliphatic carbocycles. The minimum Gasteiger partial charge on any atom is -0.303 e. The van der Waals surface area contributed by atoms with Crippen LogP contribution in [0.3, 0.4) is 0 Å². The van der Waals surface area contributed by atoms with Crippen molar-refractivity contribution in [2.75, 3.05) is 0 Å². The zero-order valence-electron chi connectivity index (χ0n) is 7.12. The largest absolute Gasteiger partial charge is 0.469 e. The van der Waals surface area contributed by atoms with Crippen molar-refractivity contribution in [3.63, 3.8) is 0 Å². The van der Waals surface area contributed by atoms with Crippen molar-refractivity contribution in [2.24, 2.45) is 0 Å². The summed E-state index contributed by atoms with van der Waals surface area (Å²) in [4.78, 5) is 16.9. The van der Waals surface area contributed by atoms with E-state index in [0.717, 1.165) is 0 Å². The molecule has 0 amide bonds. The third-order valence-electron chi connectivity index (χ3n) is 1.46. The SMILES string of the molecule is N#Cc1cccc(COP(=O)(O)O)c1. The van der Waals surface area contributed by atoms with Gasteiger partial charge in [0.25, 0.3) is 0 Å². The molecule has 1 rings (SSSR count). The maximum Gasteiger partial charge on any atom is 0.469 e. The third kappa shape index (κ3) is 3.69. The van der Waals surface area contributed by atoms with E-state index in [9.17, 15) is 4.57 Å². The van der Waals surface area contributed by atoms with Crippen LogP contribution in [0.25, 0.3) is 0 Å². The second-order valence-electron chi connectivity index (χ2n) is 2.58. The Labute approximate surface area is 80.8 Å². The molecule has 6 heteroatoms. The van der Waals surface area contributed by atoms with Crippen molar-refractivity contribution in [3.8, 4) is 6.07 Å². The number of benzene rings is 1. The molecule has 1 aromatic carbocycles. The molecule has 0 bridgehead atoms. The number of hydrogen-bond donors (Lipinski definition) is 2. The van der Waals surface area contributed by atoms with Crippen molar-refractivity contribution in [3.05, 3.63) is 35.4 Å². The smallest absolute Gasteiger partial charge is 0.303 e. The lowest BCUT2D eigenvalue weighted by atomic mass is 10.1. The van der Waals surface area contributed by atoms with E-state index < -0.39 is 7.82 Å². The fourth-order valence-corrected chi connectivity index (χ4v) is 1.21. The van der Waals surface area contributed by atoms with Gasteiger partial charge >= 0.3 is 7.82 Å². The molecule has 1 aromatic rings.